The molecular formula is C28H32N2O5. The number of carbonyl (C=O) groups is 3. The first-order valence-electron chi connectivity index (χ1n) is 12.6. The third kappa shape index (κ3) is 4.90. The average molecular weight is 477 g/mol. The number of rotatable bonds is 7. The van der Waals surface area contributed by atoms with Crippen LogP contribution in [0.15, 0.2) is 48.5 Å². The summed E-state index contributed by atoms with van der Waals surface area (Å²) < 4.78 is 5.74. The summed E-state index contributed by atoms with van der Waals surface area (Å²) in [6.45, 7) is 0.727. The van der Waals surface area contributed by atoms with Crippen molar-refractivity contribution >= 4 is 18.0 Å². The van der Waals surface area contributed by atoms with E-state index >= 15 is 0 Å². The van der Waals surface area contributed by atoms with E-state index in [2.05, 4.69) is 29.6 Å². The monoisotopic (exact) mass is 476 g/mol. The van der Waals surface area contributed by atoms with Crippen molar-refractivity contribution in [1.29, 1.82) is 0 Å². The maximum Gasteiger partial charge on any atom is 0.407 e. The molecule has 7 nitrogen and oxygen atoms in total. The van der Waals surface area contributed by atoms with Gasteiger partial charge < -0.3 is 20.1 Å². The molecule has 0 aromatic heterocycles. The molecule has 2 N–H and O–H groups in total. The van der Waals surface area contributed by atoms with E-state index in [-0.39, 0.29) is 49.9 Å². The smallest absolute Gasteiger partial charge is 0.407 e. The summed E-state index contributed by atoms with van der Waals surface area (Å²) in [7, 11) is 0. The van der Waals surface area contributed by atoms with Crippen molar-refractivity contribution in [3.8, 4) is 11.1 Å². The number of hydrogen-bond donors (Lipinski definition) is 2. The number of nitrogens with zero attached hydrogens (tertiary/aromatic N) is 1. The highest BCUT2D eigenvalue weighted by molar-refractivity contribution is 5.82. The summed E-state index contributed by atoms with van der Waals surface area (Å²) in [6, 6.07) is 16.1. The quantitative estimate of drug-likeness (QED) is 0.617. The van der Waals surface area contributed by atoms with Crippen LogP contribution in [-0.2, 0) is 14.3 Å². The summed E-state index contributed by atoms with van der Waals surface area (Å²) >= 11 is 0. The Hall–Kier alpha value is -3.35. The molecule has 2 aliphatic carbocycles. The maximum absolute atomic E-state index is 12.9. The Bertz CT molecular complexity index is 1060. The van der Waals surface area contributed by atoms with Gasteiger partial charge in [-0.25, -0.2) is 4.79 Å². The van der Waals surface area contributed by atoms with Crippen molar-refractivity contribution in [3.05, 3.63) is 59.7 Å². The number of benzene rings is 2. The zero-order valence-corrected chi connectivity index (χ0v) is 19.8. The molecule has 0 radical (unpaired) electrons. The maximum atomic E-state index is 12.9. The van der Waals surface area contributed by atoms with Crippen LogP contribution in [-0.4, -0.2) is 53.7 Å². The summed E-state index contributed by atoms with van der Waals surface area (Å²) in [5, 5.41) is 12.1. The zero-order chi connectivity index (χ0) is 24.4. The molecule has 1 heterocycles. The standard InChI is InChI=1S/C28H32N2O5/c31-26(30-15-19(16-30)27(32)33)14-25(18-8-2-1-3-9-18)29-28(34)35-17-24-22-12-6-4-10-20(22)21-11-5-7-13-23(21)24/h4-7,10-13,18-19,24-25H,1-3,8-9,14-17H2,(H,29,34)(H,32,33). The van der Waals surface area contributed by atoms with E-state index in [4.69, 9.17) is 9.84 Å². The number of hydrogen-bond acceptors (Lipinski definition) is 4. The predicted octanol–water partition coefficient (Wildman–Crippen LogP) is 4.41. The van der Waals surface area contributed by atoms with Gasteiger partial charge in [-0.3, -0.25) is 9.59 Å². The topological polar surface area (TPSA) is 95.9 Å². The minimum absolute atomic E-state index is 0.0167. The largest absolute Gasteiger partial charge is 0.481 e. The van der Waals surface area contributed by atoms with E-state index in [9.17, 15) is 14.4 Å². The second-order valence-corrected chi connectivity index (χ2v) is 10.0. The highest BCUT2D eigenvalue weighted by Gasteiger charge is 2.38. The molecule has 1 atom stereocenters. The molecule has 3 aliphatic rings. The van der Waals surface area contributed by atoms with Gasteiger partial charge in [0, 0.05) is 31.5 Å². The summed E-state index contributed by atoms with van der Waals surface area (Å²) in [5.41, 5.74) is 4.67. The SMILES string of the molecule is O=C(NC(CC(=O)N1CC(C(=O)O)C1)C1CCCCC1)OCC1c2ccccc2-c2ccccc21. The first-order valence-corrected chi connectivity index (χ1v) is 12.6. The molecule has 0 spiro atoms. The lowest BCUT2D eigenvalue weighted by molar-refractivity contribution is -0.153. The zero-order valence-electron chi connectivity index (χ0n) is 19.8. The van der Waals surface area contributed by atoms with E-state index < -0.39 is 18.0 Å². The molecule has 1 saturated carbocycles. The molecule has 0 bridgehead atoms. The van der Waals surface area contributed by atoms with Crippen LogP contribution in [0, 0.1) is 11.8 Å². The third-order valence-electron chi connectivity index (χ3n) is 7.84. The molecular weight excluding hydrogens is 444 g/mol. The van der Waals surface area contributed by atoms with Crippen LogP contribution in [0.4, 0.5) is 4.79 Å². The van der Waals surface area contributed by atoms with Crippen molar-refractivity contribution in [2.75, 3.05) is 19.7 Å². The average Bonchev–Trinajstić information content (AvgIpc) is 3.15. The van der Waals surface area contributed by atoms with E-state index in [0.29, 0.717) is 0 Å². The van der Waals surface area contributed by atoms with Gasteiger partial charge in [-0.15, -0.1) is 0 Å². The lowest BCUT2D eigenvalue weighted by Crippen LogP contribution is -2.55. The fraction of sp³-hybridized carbons (Fsp3) is 0.464. The van der Waals surface area contributed by atoms with E-state index in [0.717, 1.165) is 36.8 Å². The van der Waals surface area contributed by atoms with Crippen molar-refractivity contribution in [1.82, 2.24) is 10.2 Å². The minimum atomic E-state index is -0.866. The van der Waals surface area contributed by atoms with Crippen molar-refractivity contribution < 1.29 is 24.2 Å². The normalized spacial score (nSPS) is 18.8. The van der Waals surface area contributed by atoms with E-state index in [1.165, 1.54) is 17.5 Å². The van der Waals surface area contributed by atoms with Gasteiger partial charge in [0.05, 0.1) is 5.92 Å². The number of fused-ring (bicyclic) bond motifs is 3. The molecule has 1 unspecified atom stereocenters. The molecule has 5 rings (SSSR count). The Morgan fingerprint density at radius 2 is 1.54 bits per heavy atom. The van der Waals surface area contributed by atoms with Crippen molar-refractivity contribution in [2.45, 2.75) is 50.5 Å². The first kappa shape index (κ1) is 23.4. The number of alkyl carbamates (subject to hydrolysis) is 1. The molecule has 1 saturated heterocycles. The second-order valence-electron chi connectivity index (χ2n) is 10.0. The molecule has 7 heteroatoms. The number of likely N-dealkylation sites (tertiary alicyclic amines) is 1. The third-order valence-corrected chi connectivity index (χ3v) is 7.84. The molecule has 2 amide bonds. The Kier molecular flexibility index (Phi) is 6.75. The van der Waals surface area contributed by atoms with Gasteiger partial charge in [-0.05, 0) is 41.0 Å². The van der Waals surface area contributed by atoms with Crippen LogP contribution in [0.25, 0.3) is 11.1 Å². The Labute approximate surface area is 205 Å². The van der Waals surface area contributed by atoms with Crippen LogP contribution in [0.1, 0.15) is 55.6 Å². The Balaban J connectivity index is 1.22. The molecule has 184 valence electrons. The fourth-order valence-electron chi connectivity index (χ4n) is 5.82. The minimum Gasteiger partial charge on any atom is -0.481 e. The van der Waals surface area contributed by atoms with Gasteiger partial charge in [-0.1, -0.05) is 67.8 Å². The molecule has 2 aromatic rings. The highest BCUT2D eigenvalue weighted by Crippen LogP contribution is 2.44. The molecule has 2 aromatic carbocycles. The number of aliphatic carboxylic acids is 1. The van der Waals surface area contributed by atoms with Crippen LogP contribution >= 0.6 is 0 Å². The van der Waals surface area contributed by atoms with Gasteiger partial charge in [0.25, 0.3) is 0 Å². The number of carboxylic acid groups (broad SMARTS) is 1. The lowest BCUT2D eigenvalue weighted by Gasteiger charge is -2.38. The summed E-state index contributed by atoms with van der Waals surface area (Å²) in [5.74, 6) is -1.24. The first-order chi connectivity index (χ1) is 17.0. The van der Waals surface area contributed by atoms with Gasteiger partial charge in [0.15, 0.2) is 0 Å². The van der Waals surface area contributed by atoms with Crippen LogP contribution in [0.5, 0.6) is 0 Å². The fourth-order valence-corrected chi connectivity index (χ4v) is 5.82. The van der Waals surface area contributed by atoms with Crippen molar-refractivity contribution in [3.63, 3.8) is 0 Å². The van der Waals surface area contributed by atoms with E-state index in [1.807, 2.05) is 24.3 Å². The van der Waals surface area contributed by atoms with Crippen LogP contribution in [0.3, 0.4) is 0 Å². The number of carboxylic acids is 1. The lowest BCUT2D eigenvalue weighted by atomic mass is 9.82. The predicted molar refractivity (Wildman–Crippen MR) is 131 cm³/mol. The van der Waals surface area contributed by atoms with Crippen LogP contribution in [0.2, 0.25) is 0 Å². The van der Waals surface area contributed by atoms with Crippen molar-refractivity contribution in [2.24, 2.45) is 11.8 Å². The number of carbonyl (C=O) groups excluding carboxylic acids is 2. The molecule has 1 aliphatic heterocycles. The van der Waals surface area contributed by atoms with Gasteiger partial charge in [0.2, 0.25) is 5.91 Å². The summed E-state index contributed by atoms with van der Waals surface area (Å²) in [4.78, 5) is 38.4. The number of amides is 2. The second kappa shape index (κ2) is 10.1. The van der Waals surface area contributed by atoms with Gasteiger partial charge in [-0.2, -0.15) is 0 Å². The number of ether oxygens (including phenoxy) is 1. The highest BCUT2D eigenvalue weighted by atomic mass is 16.5. The molecule has 2 fully saturated rings. The van der Waals surface area contributed by atoms with Gasteiger partial charge in [0.1, 0.15) is 6.61 Å². The van der Waals surface area contributed by atoms with Crippen LogP contribution < -0.4 is 5.32 Å². The summed E-state index contributed by atoms with van der Waals surface area (Å²) in [6.07, 6.45) is 4.98. The number of nitrogens with one attached hydrogen (secondary N) is 1. The van der Waals surface area contributed by atoms with E-state index in [1.54, 1.807) is 4.90 Å². The Morgan fingerprint density at radius 3 is 2.14 bits per heavy atom. The molecule has 35 heavy (non-hydrogen) atoms. The Morgan fingerprint density at radius 1 is 0.943 bits per heavy atom. The van der Waals surface area contributed by atoms with Gasteiger partial charge >= 0.3 is 12.1 Å².